The molecular weight excluding hydrogens is 997 g/mol. The van der Waals surface area contributed by atoms with Crippen LogP contribution in [0.5, 0.6) is 0 Å². The number of hydrogen-bond donors (Lipinski definition) is 0. The summed E-state index contributed by atoms with van der Waals surface area (Å²) in [6.07, 6.45) is 91.9. The van der Waals surface area contributed by atoms with Gasteiger partial charge in [0.25, 0.3) is 0 Å². The lowest BCUT2D eigenvalue weighted by Crippen LogP contribution is -2.30. The zero-order chi connectivity index (χ0) is 58.5. The molecule has 0 N–H and O–H groups in total. The number of ether oxygens (including phenoxy) is 3. The second kappa shape index (κ2) is 69.1. The quantitative estimate of drug-likeness (QED) is 0.0261. The fourth-order valence-corrected chi connectivity index (χ4v) is 10.2. The maximum absolute atomic E-state index is 12.9. The van der Waals surface area contributed by atoms with Gasteiger partial charge in [0.15, 0.2) is 6.10 Å². The van der Waals surface area contributed by atoms with E-state index >= 15 is 0 Å². The van der Waals surface area contributed by atoms with Gasteiger partial charge in [-0.1, -0.05) is 331 Å². The van der Waals surface area contributed by atoms with Crippen LogP contribution in [0.2, 0.25) is 0 Å². The molecule has 1 atom stereocenters. The van der Waals surface area contributed by atoms with Gasteiger partial charge in [-0.2, -0.15) is 0 Å². The zero-order valence-electron chi connectivity index (χ0n) is 53.8. The normalized spacial score (nSPS) is 12.6. The maximum atomic E-state index is 12.9. The molecule has 0 aliphatic heterocycles. The van der Waals surface area contributed by atoms with Crippen molar-refractivity contribution in [2.75, 3.05) is 13.2 Å². The Balaban J connectivity index is 4.14. The van der Waals surface area contributed by atoms with Crippen molar-refractivity contribution >= 4 is 17.9 Å². The van der Waals surface area contributed by atoms with Crippen LogP contribution in [0.15, 0.2) is 85.1 Å². The Morgan fingerprint density at radius 3 is 0.753 bits per heavy atom. The van der Waals surface area contributed by atoms with E-state index in [0.717, 1.165) is 109 Å². The van der Waals surface area contributed by atoms with E-state index in [2.05, 4.69) is 106 Å². The molecule has 0 aromatic heterocycles. The van der Waals surface area contributed by atoms with Crippen LogP contribution >= 0.6 is 0 Å². The number of unbranched alkanes of at least 4 members (excludes halogenated alkanes) is 39. The third-order valence-corrected chi connectivity index (χ3v) is 15.4. The summed E-state index contributed by atoms with van der Waals surface area (Å²) in [7, 11) is 0. The van der Waals surface area contributed by atoms with Crippen LogP contribution in [0.4, 0.5) is 0 Å². The van der Waals surface area contributed by atoms with Crippen LogP contribution < -0.4 is 0 Å². The molecule has 6 nitrogen and oxygen atoms in total. The van der Waals surface area contributed by atoms with Crippen molar-refractivity contribution < 1.29 is 28.6 Å². The lowest BCUT2D eigenvalue weighted by atomic mass is 10.0. The van der Waals surface area contributed by atoms with Gasteiger partial charge in [0.05, 0.1) is 0 Å². The molecule has 0 radical (unpaired) electrons. The molecule has 0 aliphatic carbocycles. The van der Waals surface area contributed by atoms with Gasteiger partial charge in [0, 0.05) is 19.3 Å². The minimum Gasteiger partial charge on any atom is -0.462 e. The number of carbonyl (C=O) groups is 3. The van der Waals surface area contributed by atoms with Gasteiger partial charge in [-0.15, -0.1) is 0 Å². The van der Waals surface area contributed by atoms with Gasteiger partial charge < -0.3 is 14.2 Å². The summed E-state index contributed by atoms with van der Waals surface area (Å²) >= 11 is 0. The number of carbonyl (C=O) groups excluding carboxylic acids is 3. The van der Waals surface area contributed by atoms with E-state index in [-0.39, 0.29) is 31.1 Å². The van der Waals surface area contributed by atoms with E-state index in [9.17, 15) is 14.4 Å². The van der Waals surface area contributed by atoms with E-state index < -0.39 is 6.10 Å². The first-order chi connectivity index (χ1) is 40.0. The van der Waals surface area contributed by atoms with Crippen molar-refractivity contribution in [3.05, 3.63) is 85.1 Å². The Labute approximate surface area is 503 Å². The van der Waals surface area contributed by atoms with E-state index in [1.165, 1.54) is 205 Å². The predicted molar refractivity (Wildman–Crippen MR) is 353 cm³/mol. The van der Waals surface area contributed by atoms with Crippen LogP contribution in [-0.4, -0.2) is 37.2 Å². The summed E-state index contributed by atoms with van der Waals surface area (Å²) in [5.41, 5.74) is 0. The summed E-state index contributed by atoms with van der Waals surface area (Å²) in [4.78, 5) is 38.4. The number of hydrogen-bond acceptors (Lipinski definition) is 6. The van der Waals surface area contributed by atoms with Crippen LogP contribution in [0.1, 0.15) is 355 Å². The molecule has 0 spiro atoms. The van der Waals surface area contributed by atoms with E-state index in [1.54, 1.807) is 0 Å². The molecule has 0 amide bonds. The average molecular weight is 1130 g/mol. The molecule has 0 bridgehead atoms. The Morgan fingerprint density at radius 2 is 0.481 bits per heavy atom. The summed E-state index contributed by atoms with van der Waals surface area (Å²) in [5.74, 6) is -0.864. The van der Waals surface area contributed by atoms with Crippen molar-refractivity contribution in [1.29, 1.82) is 0 Å². The fraction of sp³-hybridized carbons (Fsp3) is 0.773. The van der Waals surface area contributed by atoms with Gasteiger partial charge in [0.1, 0.15) is 13.2 Å². The highest BCUT2D eigenvalue weighted by molar-refractivity contribution is 5.71. The molecule has 0 fully saturated rings. The standard InChI is InChI=1S/C75H132O6/c1-4-7-10-13-16-19-22-25-27-29-30-31-32-33-34-35-36-37-38-39-40-41-42-43-44-46-47-50-53-56-59-62-65-68-74(77)80-71-72(70-79-73(76)67-64-61-58-55-52-49-24-21-18-15-12-9-6-3)81-75(78)69-66-63-60-57-54-51-48-45-28-26-23-20-17-14-11-8-5-2/h7-8,10-11,16-17,19-20,25-28,30-31,72H,4-6,9,12-15,18,21-24,29,32-71H2,1-3H3/b10-7-,11-8-,19-16-,20-17-,27-25-,28-26-,31-30-. The van der Waals surface area contributed by atoms with E-state index in [0.29, 0.717) is 19.3 Å². The lowest BCUT2D eigenvalue weighted by molar-refractivity contribution is -0.167. The van der Waals surface area contributed by atoms with Crippen molar-refractivity contribution in [1.82, 2.24) is 0 Å². The SMILES string of the molecule is CC/C=C\C/C=C\C/C=C\C/C=C\CCCCCCCCCCCCCCCCCCCCCCC(=O)OCC(COC(=O)CCCCCCCCCCCCCCC)OC(=O)CCCCCCCCC/C=C\C/C=C\C/C=C\CC. The molecule has 0 heterocycles. The highest BCUT2D eigenvalue weighted by Crippen LogP contribution is 2.18. The number of rotatable bonds is 64. The summed E-state index contributed by atoms with van der Waals surface area (Å²) < 4.78 is 17.0. The highest BCUT2D eigenvalue weighted by Gasteiger charge is 2.19. The van der Waals surface area contributed by atoms with Crippen LogP contribution in [0.3, 0.4) is 0 Å². The second-order valence-electron chi connectivity index (χ2n) is 23.4. The zero-order valence-corrected chi connectivity index (χ0v) is 53.8. The fourth-order valence-electron chi connectivity index (χ4n) is 10.2. The van der Waals surface area contributed by atoms with Crippen molar-refractivity contribution in [3.8, 4) is 0 Å². The van der Waals surface area contributed by atoms with Gasteiger partial charge in [0.2, 0.25) is 0 Å². The Morgan fingerprint density at radius 1 is 0.259 bits per heavy atom. The third kappa shape index (κ3) is 67.3. The number of allylic oxidation sites excluding steroid dienone is 14. The van der Waals surface area contributed by atoms with Crippen molar-refractivity contribution in [2.24, 2.45) is 0 Å². The van der Waals surface area contributed by atoms with Crippen LogP contribution in [0, 0.1) is 0 Å². The van der Waals surface area contributed by atoms with Gasteiger partial charge in [-0.25, -0.2) is 0 Å². The van der Waals surface area contributed by atoms with Crippen molar-refractivity contribution in [2.45, 2.75) is 361 Å². The molecule has 0 aromatic carbocycles. The van der Waals surface area contributed by atoms with Gasteiger partial charge >= 0.3 is 17.9 Å². The largest absolute Gasteiger partial charge is 0.462 e. The van der Waals surface area contributed by atoms with E-state index in [1.807, 2.05) is 0 Å². The molecule has 1 unspecified atom stereocenters. The summed E-state index contributed by atoms with van der Waals surface area (Å²) in [5, 5.41) is 0. The average Bonchev–Trinajstić information content (AvgIpc) is 3.46. The molecule has 468 valence electrons. The Kier molecular flexibility index (Phi) is 66.2. The smallest absolute Gasteiger partial charge is 0.306 e. The molecule has 0 rings (SSSR count). The van der Waals surface area contributed by atoms with Gasteiger partial charge in [-0.05, 0) is 89.9 Å². The molecule has 81 heavy (non-hydrogen) atoms. The van der Waals surface area contributed by atoms with Crippen molar-refractivity contribution in [3.63, 3.8) is 0 Å². The predicted octanol–water partition coefficient (Wildman–Crippen LogP) is 24.2. The first-order valence-corrected chi connectivity index (χ1v) is 35.1. The molecular formula is C75H132O6. The minimum atomic E-state index is -0.779. The molecule has 6 heteroatoms. The van der Waals surface area contributed by atoms with Gasteiger partial charge in [-0.3, -0.25) is 14.4 Å². The molecule has 0 saturated heterocycles. The topological polar surface area (TPSA) is 78.9 Å². The Hall–Kier alpha value is -3.41. The Bertz CT molecular complexity index is 1530. The minimum absolute atomic E-state index is 0.0747. The van der Waals surface area contributed by atoms with Crippen LogP contribution in [0.25, 0.3) is 0 Å². The monoisotopic (exact) mass is 1130 g/mol. The van der Waals surface area contributed by atoms with E-state index in [4.69, 9.17) is 14.2 Å². The lowest BCUT2D eigenvalue weighted by Gasteiger charge is -2.18. The van der Waals surface area contributed by atoms with Crippen LogP contribution in [-0.2, 0) is 28.6 Å². The molecule has 0 aliphatic rings. The first-order valence-electron chi connectivity index (χ1n) is 35.1. The number of esters is 3. The summed E-state index contributed by atoms with van der Waals surface area (Å²) in [6.45, 7) is 6.46. The molecule has 0 aromatic rings. The third-order valence-electron chi connectivity index (χ3n) is 15.4. The first kappa shape index (κ1) is 77.6. The summed E-state index contributed by atoms with van der Waals surface area (Å²) in [6, 6.07) is 0. The highest BCUT2D eigenvalue weighted by atomic mass is 16.6. The molecule has 0 saturated carbocycles. The second-order valence-corrected chi connectivity index (χ2v) is 23.4. The maximum Gasteiger partial charge on any atom is 0.306 e.